The number of esters is 1. The van der Waals surface area contributed by atoms with Gasteiger partial charge in [-0.15, -0.1) is 0 Å². The maximum Gasteiger partial charge on any atom is 0.311 e. The van der Waals surface area contributed by atoms with Crippen molar-refractivity contribution in [3.8, 4) is 0 Å². The molecule has 0 aromatic heterocycles. The lowest BCUT2D eigenvalue weighted by atomic mass is 9.59. The topological polar surface area (TPSA) is 46.5 Å². The summed E-state index contributed by atoms with van der Waals surface area (Å²) in [5, 5.41) is 11.4. The van der Waals surface area contributed by atoms with E-state index in [2.05, 4.69) is 27.7 Å². The fourth-order valence-corrected chi connectivity index (χ4v) is 3.90. The molecule has 3 atom stereocenters. The van der Waals surface area contributed by atoms with Crippen LogP contribution in [0.3, 0.4) is 0 Å². The van der Waals surface area contributed by atoms with Gasteiger partial charge in [-0.2, -0.15) is 0 Å². The average Bonchev–Trinajstić information content (AvgIpc) is 2.37. The number of unbranched alkanes of at least 4 members (excludes halogenated alkanes) is 1. The second kappa shape index (κ2) is 6.93. The molecule has 1 fully saturated rings. The van der Waals surface area contributed by atoms with E-state index in [0.717, 1.165) is 44.9 Å². The van der Waals surface area contributed by atoms with Gasteiger partial charge in [0.2, 0.25) is 0 Å². The van der Waals surface area contributed by atoms with E-state index in [9.17, 15) is 9.90 Å². The van der Waals surface area contributed by atoms with E-state index in [4.69, 9.17) is 4.74 Å². The molecule has 1 aliphatic rings. The average molecular weight is 284 g/mol. The summed E-state index contributed by atoms with van der Waals surface area (Å²) in [5.41, 5.74) is -0.896. The van der Waals surface area contributed by atoms with Crippen molar-refractivity contribution in [2.45, 2.75) is 78.2 Å². The molecule has 0 spiro atoms. The standard InChI is InChI=1S/C17H32O3/c1-6-7-10-13(15(18)20-5)17(19)12-9-8-11-14(17)16(2,3)4/h13-14,19H,6-12H2,1-5H3. The molecule has 1 aliphatic carbocycles. The molecular formula is C17H32O3. The van der Waals surface area contributed by atoms with E-state index in [1.807, 2.05) is 0 Å². The molecule has 118 valence electrons. The Morgan fingerprint density at radius 2 is 2.05 bits per heavy atom. The van der Waals surface area contributed by atoms with Gasteiger partial charge >= 0.3 is 5.97 Å². The molecule has 0 radical (unpaired) electrons. The predicted octanol–water partition coefficient (Wildman–Crippen LogP) is 3.93. The van der Waals surface area contributed by atoms with Crippen LogP contribution in [0.2, 0.25) is 0 Å². The molecule has 0 aromatic rings. The number of methoxy groups -OCH3 is 1. The van der Waals surface area contributed by atoms with Crippen molar-refractivity contribution in [1.29, 1.82) is 0 Å². The van der Waals surface area contributed by atoms with Crippen LogP contribution >= 0.6 is 0 Å². The molecule has 1 saturated carbocycles. The van der Waals surface area contributed by atoms with Gasteiger partial charge in [-0.3, -0.25) is 4.79 Å². The molecule has 3 nitrogen and oxygen atoms in total. The van der Waals surface area contributed by atoms with Gasteiger partial charge in [0.15, 0.2) is 0 Å². The fraction of sp³-hybridized carbons (Fsp3) is 0.941. The Kier molecular flexibility index (Phi) is 6.06. The molecule has 0 saturated heterocycles. The van der Waals surface area contributed by atoms with Crippen molar-refractivity contribution in [3.05, 3.63) is 0 Å². The van der Waals surface area contributed by atoms with Gasteiger partial charge in [-0.1, -0.05) is 53.4 Å². The van der Waals surface area contributed by atoms with Crippen LogP contribution in [0.1, 0.15) is 72.6 Å². The number of rotatable bonds is 5. The van der Waals surface area contributed by atoms with E-state index >= 15 is 0 Å². The molecule has 3 heteroatoms. The molecule has 20 heavy (non-hydrogen) atoms. The smallest absolute Gasteiger partial charge is 0.311 e. The molecule has 0 bridgehead atoms. The molecule has 3 unspecified atom stereocenters. The Morgan fingerprint density at radius 3 is 2.55 bits per heavy atom. The van der Waals surface area contributed by atoms with E-state index in [-0.39, 0.29) is 23.2 Å². The van der Waals surface area contributed by atoms with Crippen molar-refractivity contribution in [2.24, 2.45) is 17.3 Å². The number of hydrogen-bond acceptors (Lipinski definition) is 3. The van der Waals surface area contributed by atoms with Crippen molar-refractivity contribution < 1.29 is 14.6 Å². The second-order valence-electron chi connectivity index (χ2n) is 7.37. The maximum absolute atomic E-state index is 12.2. The van der Waals surface area contributed by atoms with Crippen LogP contribution < -0.4 is 0 Å². The van der Waals surface area contributed by atoms with Gasteiger partial charge in [0.05, 0.1) is 18.6 Å². The zero-order chi connectivity index (χ0) is 15.4. The minimum absolute atomic E-state index is 0.00760. The Hall–Kier alpha value is -0.570. The second-order valence-corrected chi connectivity index (χ2v) is 7.37. The van der Waals surface area contributed by atoms with Gasteiger partial charge < -0.3 is 9.84 Å². The third kappa shape index (κ3) is 3.75. The highest BCUT2D eigenvalue weighted by molar-refractivity contribution is 5.73. The highest BCUT2D eigenvalue weighted by Crippen LogP contribution is 2.49. The number of carbonyl (C=O) groups is 1. The molecule has 0 aromatic carbocycles. The molecule has 0 aliphatic heterocycles. The van der Waals surface area contributed by atoms with Crippen LogP contribution in [0.25, 0.3) is 0 Å². The van der Waals surface area contributed by atoms with E-state index in [1.165, 1.54) is 7.11 Å². The minimum atomic E-state index is -0.904. The summed E-state index contributed by atoms with van der Waals surface area (Å²) in [4.78, 5) is 12.2. The summed E-state index contributed by atoms with van der Waals surface area (Å²) < 4.78 is 4.99. The van der Waals surface area contributed by atoms with Crippen molar-refractivity contribution >= 4 is 5.97 Å². The lowest BCUT2D eigenvalue weighted by Crippen LogP contribution is -2.54. The van der Waals surface area contributed by atoms with Gasteiger partial charge in [-0.25, -0.2) is 0 Å². The van der Waals surface area contributed by atoms with Gasteiger partial charge in [-0.05, 0) is 30.6 Å². The monoisotopic (exact) mass is 284 g/mol. The van der Waals surface area contributed by atoms with Crippen molar-refractivity contribution in [3.63, 3.8) is 0 Å². The first-order valence-corrected chi connectivity index (χ1v) is 8.07. The first-order valence-electron chi connectivity index (χ1n) is 8.07. The Morgan fingerprint density at radius 1 is 1.40 bits per heavy atom. The molecular weight excluding hydrogens is 252 g/mol. The van der Waals surface area contributed by atoms with E-state index < -0.39 is 5.60 Å². The van der Waals surface area contributed by atoms with Crippen LogP contribution in [0, 0.1) is 17.3 Å². The summed E-state index contributed by atoms with van der Waals surface area (Å²) in [6.07, 6.45) is 6.58. The van der Waals surface area contributed by atoms with Gasteiger partial charge in [0, 0.05) is 0 Å². The number of carbonyl (C=O) groups excluding carboxylic acids is 1. The van der Waals surface area contributed by atoms with E-state index in [0.29, 0.717) is 0 Å². The lowest BCUT2D eigenvalue weighted by Gasteiger charge is -2.49. The van der Waals surface area contributed by atoms with Gasteiger partial charge in [0.25, 0.3) is 0 Å². The summed E-state index contributed by atoms with van der Waals surface area (Å²) in [7, 11) is 1.43. The Bertz CT molecular complexity index is 319. The predicted molar refractivity (Wildman–Crippen MR) is 81.4 cm³/mol. The largest absolute Gasteiger partial charge is 0.469 e. The zero-order valence-electron chi connectivity index (χ0n) is 13.9. The first kappa shape index (κ1) is 17.5. The third-order valence-electron chi connectivity index (χ3n) is 4.90. The number of ether oxygens (including phenoxy) is 1. The lowest BCUT2D eigenvalue weighted by molar-refractivity contribution is -0.173. The summed E-state index contributed by atoms with van der Waals surface area (Å²) in [5.74, 6) is -0.459. The zero-order valence-corrected chi connectivity index (χ0v) is 13.9. The minimum Gasteiger partial charge on any atom is -0.469 e. The SMILES string of the molecule is CCCCC(C(=O)OC)C1(O)CCCCC1C(C)(C)C. The normalized spacial score (nSPS) is 29.0. The summed E-state index contributed by atoms with van der Waals surface area (Å²) in [6, 6.07) is 0. The quantitative estimate of drug-likeness (QED) is 0.778. The van der Waals surface area contributed by atoms with Crippen LogP contribution in [-0.4, -0.2) is 23.8 Å². The molecule has 0 heterocycles. The van der Waals surface area contributed by atoms with Crippen LogP contribution in [-0.2, 0) is 9.53 Å². The van der Waals surface area contributed by atoms with Crippen LogP contribution in [0.5, 0.6) is 0 Å². The highest BCUT2D eigenvalue weighted by atomic mass is 16.5. The molecule has 1 N–H and O–H groups in total. The number of hydrogen-bond donors (Lipinski definition) is 1. The van der Waals surface area contributed by atoms with Crippen molar-refractivity contribution in [2.75, 3.05) is 7.11 Å². The Balaban J connectivity index is 3.06. The fourth-order valence-electron chi connectivity index (χ4n) is 3.90. The van der Waals surface area contributed by atoms with Crippen LogP contribution in [0.15, 0.2) is 0 Å². The van der Waals surface area contributed by atoms with Gasteiger partial charge in [0.1, 0.15) is 0 Å². The van der Waals surface area contributed by atoms with Crippen LogP contribution in [0.4, 0.5) is 0 Å². The summed E-state index contributed by atoms with van der Waals surface area (Å²) in [6.45, 7) is 8.62. The third-order valence-corrected chi connectivity index (χ3v) is 4.90. The maximum atomic E-state index is 12.2. The van der Waals surface area contributed by atoms with E-state index in [1.54, 1.807) is 0 Å². The Labute approximate surface area is 124 Å². The highest BCUT2D eigenvalue weighted by Gasteiger charge is 2.52. The first-order chi connectivity index (χ1) is 9.27. The molecule has 0 amide bonds. The van der Waals surface area contributed by atoms with Crippen molar-refractivity contribution in [1.82, 2.24) is 0 Å². The summed E-state index contributed by atoms with van der Waals surface area (Å²) >= 11 is 0. The molecule has 1 rings (SSSR count). The number of aliphatic hydroxyl groups is 1.